The highest BCUT2D eigenvalue weighted by Crippen LogP contribution is 2.47. The first-order valence-electron chi connectivity index (χ1n) is 17.0. The van der Waals surface area contributed by atoms with E-state index < -0.39 is 27.3 Å². The van der Waals surface area contributed by atoms with E-state index in [1.165, 1.54) is 11.1 Å². The first-order valence-corrected chi connectivity index (χ1v) is 18.9. The van der Waals surface area contributed by atoms with Gasteiger partial charge in [0.2, 0.25) is 10.0 Å². The van der Waals surface area contributed by atoms with Gasteiger partial charge in [0, 0.05) is 35.5 Å². The number of ether oxygens (including phenoxy) is 3. The number of sulfonamides is 1. The molecule has 5 aliphatic rings. The van der Waals surface area contributed by atoms with Crippen LogP contribution in [0.15, 0.2) is 48.6 Å². The summed E-state index contributed by atoms with van der Waals surface area (Å²) in [5, 5.41) is -0.00728. The van der Waals surface area contributed by atoms with Crippen LogP contribution < -0.4 is 14.4 Å². The zero-order valence-electron chi connectivity index (χ0n) is 26.8. The number of hydrogen-bond acceptors (Lipinski definition) is 8. The number of carbonyl (C=O) groups excluding carboxylic acids is 2. The maximum Gasteiger partial charge on any atom is 0.335 e. The second-order valence-corrected chi connectivity index (χ2v) is 16.2. The summed E-state index contributed by atoms with van der Waals surface area (Å²) in [5.74, 6) is 0.160. The Morgan fingerprint density at radius 3 is 2.72 bits per heavy atom. The standard InChI is InChI=1S/C36H43ClN2O7S/c1-2-27-7-3-4-8-31(46-33-15-17-44-35(33)41)28-12-9-25(28)20-39-21-36(16-5-6-23-18-26(37)11-13-29(23)36)22-45-32-14-10-24(19-30(32)39)34(40)38-47(27,42)43/h4,8,10-11,13-14,18-19,25,27-28,31,33H,2-3,5-7,9,12,15-17,20-22H2,1H3,(H,38,40)/b8-4+/t25-,27+,28+,31-,33-,36-/m0/s1. The monoisotopic (exact) mass is 682 g/mol. The SMILES string of the molecule is CC[C@@H]1CC/C=C/[C@H](O[C@H]2CCOC2=O)[C@@H]2CC[C@H]2CN2C[C@@]3(CCCc4cc(Cl)ccc43)COc3ccc(cc32)C(=O)NS1(=O)=O. The minimum atomic E-state index is -3.93. The molecule has 11 heteroatoms. The molecule has 3 heterocycles. The Morgan fingerprint density at radius 2 is 1.96 bits per heavy atom. The third kappa shape index (κ3) is 6.41. The van der Waals surface area contributed by atoms with Crippen molar-refractivity contribution in [1.82, 2.24) is 4.72 Å². The molecule has 3 aliphatic heterocycles. The maximum absolute atomic E-state index is 13.5. The first kappa shape index (κ1) is 32.5. The Balaban J connectivity index is 1.29. The number of amides is 1. The molecule has 2 aromatic rings. The number of aryl methyl sites for hydroxylation is 1. The van der Waals surface area contributed by atoms with Crippen molar-refractivity contribution in [1.29, 1.82) is 0 Å². The molecule has 2 aromatic carbocycles. The summed E-state index contributed by atoms with van der Waals surface area (Å²) >= 11 is 6.43. The Labute approximate surface area is 282 Å². The van der Waals surface area contributed by atoms with Crippen LogP contribution in [0.5, 0.6) is 5.75 Å². The Hall–Kier alpha value is -3.08. The number of hydrogen-bond donors (Lipinski definition) is 1. The van der Waals surface area contributed by atoms with Gasteiger partial charge in [0.1, 0.15) is 5.75 Å². The number of nitrogens with zero attached hydrogens (tertiary/aromatic N) is 1. The van der Waals surface area contributed by atoms with E-state index in [-0.39, 0.29) is 34.9 Å². The van der Waals surface area contributed by atoms with Gasteiger partial charge >= 0.3 is 5.97 Å². The number of nitrogens with one attached hydrogen (secondary N) is 1. The molecule has 9 nitrogen and oxygen atoms in total. The topological polar surface area (TPSA) is 111 Å². The number of rotatable bonds is 3. The summed E-state index contributed by atoms with van der Waals surface area (Å²) in [5.41, 5.74) is 3.26. The summed E-state index contributed by atoms with van der Waals surface area (Å²) in [6.07, 6.45) is 9.76. The predicted octanol–water partition coefficient (Wildman–Crippen LogP) is 5.73. The van der Waals surface area contributed by atoms with E-state index in [1.807, 2.05) is 25.1 Å². The van der Waals surface area contributed by atoms with Gasteiger partial charge in [-0.3, -0.25) is 4.79 Å². The van der Waals surface area contributed by atoms with Crippen LogP contribution in [0.4, 0.5) is 5.69 Å². The van der Waals surface area contributed by atoms with Crippen LogP contribution >= 0.6 is 11.6 Å². The largest absolute Gasteiger partial charge is 0.490 e. The predicted molar refractivity (Wildman–Crippen MR) is 180 cm³/mol. The van der Waals surface area contributed by atoms with Gasteiger partial charge in [0.25, 0.3) is 5.91 Å². The Bertz CT molecular complexity index is 1680. The van der Waals surface area contributed by atoms with Crippen LogP contribution in [-0.2, 0) is 36.1 Å². The minimum absolute atomic E-state index is 0.172. The molecule has 1 saturated carbocycles. The lowest BCUT2D eigenvalue weighted by molar-refractivity contribution is -0.152. The number of halogens is 1. The van der Waals surface area contributed by atoms with Crippen molar-refractivity contribution in [2.45, 2.75) is 87.6 Å². The van der Waals surface area contributed by atoms with Gasteiger partial charge in [-0.25, -0.2) is 17.9 Å². The molecule has 6 atom stereocenters. The number of anilines is 1. The summed E-state index contributed by atoms with van der Waals surface area (Å²) in [6.45, 7) is 4.04. The maximum atomic E-state index is 13.5. The molecular formula is C36H43ClN2O7S. The van der Waals surface area contributed by atoms with Crippen LogP contribution in [0.3, 0.4) is 0 Å². The summed E-state index contributed by atoms with van der Waals surface area (Å²) in [4.78, 5) is 28.3. The highest BCUT2D eigenvalue weighted by Gasteiger charge is 2.45. The molecule has 2 aliphatic carbocycles. The molecule has 1 amide bonds. The molecule has 0 aromatic heterocycles. The molecular weight excluding hydrogens is 640 g/mol. The molecule has 1 saturated heterocycles. The molecule has 0 unspecified atom stereocenters. The normalized spacial score (nSPS) is 32.6. The fraction of sp³-hybridized carbons (Fsp3) is 0.556. The Kier molecular flexibility index (Phi) is 9.04. The number of fused-ring (bicyclic) bond motifs is 4. The molecule has 47 heavy (non-hydrogen) atoms. The van der Waals surface area contributed by atoms with E-state index in [0.717, 1.165) is 42.8 Å². The second-order valence-electron chi connectivity index (χ2n) is 13.8. The van der Waals surface area contributed by atoms with Gasteiger partial charge in [-0.15, -0.1) is 0 Å². The van der Waals surface area contributed by atoms with Crippen molar-refractivity contribution in [3.8, 4) is 5.75 Å². The van der Waals surface area contributed by atoms with Crippen LogP contribution in [-0.4, -0.2) is 64.1 Å². The van der Waals surface area contributed by atoms with Crippen LogP contribution in [0.25, 0.3) is 0 Å². The average Bonchev–Trinajstić information content (AvgIpc) is 3.36. The number of cyclic esters (lactones) is 1. The summed E-state index contributed by atoms with van der Waals surface area (Å²) in [7, 11) is -3.93. The van der Waals surface area contributed by atoms with E-state index in [4.69, 9.17) is 25.8 Å². The number of esters is 1. The van der Waals surface area contributed by atoms with Gasteiger partial charge in [-0.1, -0.05) is 36.7 Å². The van der Waals surface area contributed by atoms with Crippen molar-refractivity contribution >= 4 is 39.2 Å². The van der Waals surface area contributed by atoms with Gasteiger partial charge in [0.05, 0.1) is 30.3 Å². The lowest BCUT2D eigenvalue weighted by Gasteiger charge is -2.46. The van der Waals surface area contributed by atoms with E-state index in [1.54, 1.807) is 18.2 Å². The van der Waals surface area contributed by atoms with Gasteiger partial charge in [0.15, 0.2) is 6.10 Å². The number of benzene rings is 2. The van der Waals surface area contributed by atoms with E-state index in [0.29, 0.717) is 57.7 Å². The summed E-state index contributed by atoms with van der Waals surface area (Å²) < 4.78 is 47.4. The average molecular weight is 683 g/mol. The first-order chi connectivity index (χ1) is 22.7. The van der Waals surface area contributed by atoms with Crippen LogP contribution in [0.1, 0.15) is 79.8 Å². The smallest absolute Gasteiger partial charge is 0.335 e. The van der Waals surface area contributed by atoms with Crippen molar-refractivity contribution in [2.24, 2.45) is 11.8 Å². The van der Waals surface area contributed by atoms with Crippen LogP contribution in [0, 0.1) is 11.8 Å². The fourth-order valence-electron chi connectivity index (χ4n) is 8.23. The quantitative estimate of drug-likeness (QED) is 0.323. The number of carbonyl (C=O) groups is 2. The lowest BCUT2D eigenvalue weighted by atomic mass is 9.68. The zero-order chi connectivity index (χ0) is 32.8. The van der Waals surface area contributed by atoms with E-state index >= 15 is 0 Å². The fourth-order valence-corrected chi connectivity index (χ4v) is 9.86. The highest BCUT2D eigenvalue weighted by molar-refractivity contribution is 7.90. The minimum Gasteiger partial charge on any atom is -0.490 e. The third-order valence-corrected chi connectivity index (χ3v) is 13.1. The van der Waals surface area contributed by atoms with Crippen molar-refractivity contribution < 1.29 is 32.2 Å². The van der Waals surface area contributed by atoms with E-state index in [9.17, 15) is 18.0 Å². The highest BCUT2D eigenvalue weighted by atomic mass is 35.5. The molecule has 1 spiro atoms. The third-order valence-electron chi connectivity index (χ3n) is 11.0. The van der Waals surface area contributed by atoms with Gasteiger partial charge in [-0.2, -0.15) is 0 Å². The van der Waals surface area contributed by atoms with Crippen molar-refractivity contribution in [3.63, 3.8) is 0 Å². The molecule has 0 radical (unpaired) electrons. The van der Waals surface area contributed by atoms with E-state index in [2.05, 4.69) is 21.8 Å². The molecule has 2 fully saturated rings. The second kappa shape index (κ2) is 13.1. The summed E-state index contributed by atoms with van der Waals surface area (Å²) in [6, 6.07) is 11.4. The van der Waals surface area contributed by atoms with Crippen molar-refractivity contribution in [2.75, 3.05) is 31.2 Å². The lowest BCUT2D eigenvalue weighted by Crippen LogP contribution is -2.50. The number of allylic oxidation sites excluding steroid dienone is 1. The van der Waals surface area contributed by atoms with Crippen LogP contribution in [0.2, 0.25) is 5.02 Å². The van der Waals surface area contributed by atoms with Gasteiger partial charge < -0.3 is 19.1 Å². The molecule has 1 N–H and O–H groups in total. The molecule has 252 valence electrons. The Morgan fingerprint density at radius 1 is 1.09 bits per heavy atom. The van der Waals surface area contributed by atoms with Gasteiger partial charge in [-0.05, 0) is 105 Å². The zero-order valence-corrected chi connectivity index (χ0v) is 28.4. The van der Waals surface area contributed by atoms with Crippen molar-refractivity contribution in [3.05, 3.63) is 70.3 Å². The molecule has 7 rings (SSSR count). The molecule has 2 bridgehead atoms.